The molecule has 4 heterocycles. The van der Waals surface area contributed by atoms with Gasteiger partial charge < -0.3 is 21.3 Å². The number of rotatable bonds is 17. The first-order valence-corrected chi connectivity index (χ1v) is 34.2. The van der Waals surface area contributed by atoms with E-state index in [1.54, 1.807) is 0 Å². The molecule has 0 aliphatic carbocycles. The van der Waals surface area contributed by atoms with Crippen LogP contribution < -0.4 is 0 Å². The second-order valence-corrected chi connectivity index (χ2v) is 31.0. The summed E-state index contributed by atoms with van der Waals surface area (Å²) in [5.41, 5.74) is 0. The molecule has 0 aromatic rings. The normalized spacial score (nSPS) is 12.1. The fourth-order valence-electron chi connectivity index (χ4n) is 8.03. The first kappa shape index (κ1) is 216. The SMILES string of the molecule is C1CC(C2CC[N-]CC2)CC[N-]1.C1CC(C2CC[N-]CC2)CC[N-]1.CC[PH+](CC)CC.CC[PH+](CC)CC.CC[PH+](CC)CC.CC[PH+](CC)CC.ON(O)O.ON(O)O.ON(O)OON(O)O.[Cd+2].[Re].[Re].[Re].[Re].[Re].[Re].[Re].[Re].[Re].[Re].[Re].[Re].[SeH].[SeH].[SeH].[SeH].[SeH].[SeH].[SeH].[SeH].[SeH].[SeH].[SeH].[SeH].[SeH].[SeH]. The van der Waals surface area contributed by atoms with Crippen LogP contribution in [-0.4, -0.2) is 439 Å². The van der Waals surface area contributed by atoms with Gasteiger partial charge in [0.2, 0.25) is 0 Å². The summed E-state index contributed by atoms with van der Waals surface area (Å²) in [6, 6.07) is 0. The number of nitrogens with zero attached hydrogens (tertiary/aromatic N) is 8. The molecule has 10 N–H and O–H groups in total. The first-order chi connectivity index (χ1) is 32.4. The van der Waals surface area contributed by atoms with Gasteiger partial charge in [0.25, 0.3) is 0 Å². The Morgan fingerprint density at radius 1 is 0.242 bits per heavy atom. The van der Waals surface area contributed by atoms with Gasteiger partial charge in [0.15, 0.2) is 0 Å². The molecule has 0 amide bonds. The van der Waals surface area contributed by atoms with Crippen LogP contribution in [0, 0.1) is 23.7 Å². The molecule has 51 heteroatoms. The summed E-state index contributed by atoms with van der Waals surface area (Å²) >= 11 is 0. The van der Waals surface area contributed by atoms with E-state index in [-0.39, 0.29) is 543 Å². The summed E-state index contributed by atoms with van der Waals surface area (Å²) in [6.07, 6.45) is 28.3. The molecule has 95 heavy (non-hydrogen) atoms. The zero-order chi connectivity index (χ0) is 53.0. The summed E-state index contributed by atoms with van der Waals surface area (Å²) < 4.78 is 0. The van der Waals surface area contributed by atoms with Crippen molar-refractivity contribution in [3.63, 3.8) is 0 Å². The van der Waals surface area contributed by atoms with Crippen molar-refractivity contribution in [1.82, 2.24) is 21.6 Å². The molecule has 4 rings (SSSR count). The van der Waals surface area contributed by atoms with Crippen LogP contribution in [-0.2, 0) is 282 Å². The minimum atomic E-state index is -1.00. The van der Waals surface area contributed by atoms with Gasteiger partial charge in [-0.15, -0.1) is 52.4 Å². The number of hydrogen-bond donors (Lipinski definition) is 10. The van der Waals surface area contributed by atoms with Gasteiger partial charge in [-0.05, 0) is 138 Å². The van der Waals surface area contributed by atoms with Crippen LogP contribution in [0.25, 0.3) is 21.3 Å². The third-order valence-electron chi connectivity index (χ3n) is 12.8. The predicted octanol–water partition coefficient (Wildman–Crippen LogP) is 2.87. The Hall–Kier alpha value is 17.1. The minimum absolute atomic E-state index is 0. The van der Waals surface area contributed by atoms with Crippen LogP contribution in [0.5, 0.6) is 0 Å². The van der Waals surface area contributed by atoms with Gasteiger partial charge in [0.05, 0.1) is 84.7 Å². The molecular formula is C44H124CdN8O12P4Re12Se14+2. The summed E-state index contributed by atoms with van der Waals surface area (Å²) in [6.45, 7) is 36.7. The van der Waals surface area contributed by atoms with Crippen molar-refractivity contribution in [3.05, 3.63) is 21.3 Å². The molecule has 4 aliphatic heterocycles. The Morgan fingerprint density at radius 3 is 0.379 bits per heavy atom. The summed E-state index contributed by atoms with van der Waals surface area (Å²) in [5.74, 6) is 3.94. The molecule has 20 nitrogen and oxygen atoms in total. The van der Waals surface area contributed by atoms with Crippen molar-refractivity contribution < 1.29 is 334 Å². The van der Waals surface area contributed by atoms with Crippen molar-refractivity contribution in [3.8, 4) is 0 Å². The molecule has 4 aliphatic rings. The van der Waals surface area contributed by atoms with Crippen LogP contribution in [0.1, 0.15) is 134 Å². The third-order valence-corrected chi connectivity index (χ3v) is 24.8. The van der Waals surface area contributed by atoms with E-state index in [1.807, 2.05) is 0 Å². The molecule has 0 saturated carbocycles. The molecule has 0 spiro atoms. The van der Waals surface area contributed by atoms with Crippen molar-refractivity contribution in [2.24, 2.45) is 23.7 Å². The maximum atomic E-state index is 7.59. The molecular weight excluding hydrogens is 4410 g/mol. The van der Waals surface area contributed by atoms with E-state index < -0.39 is 21.6 Å². The van der Waals surface area contributed by atoms with E-state index in [4.69, 9.17) is 52.1 Å². The van der Waals surface area contributed by atoms with E-state index >= 15 is 0 Å². The molecule has 4 fully saturated rings. The molecule has 0 aromatic carbocycles. The van der Waals surface area contributed by atoms with Crippen molar-refractivity contribution in [1.29, 1.82) is 0 Å². The van der Waals surface area contributed by atoms with Gasteiger partial charge in [-0.1, -0.05) is 61.3 Å². The molecule has 26 radical (unpaired) electrons. The van der Waals surface area contributed by atoms with Crippen LogP contribution >= 0.6 is 31.7 Å². The fraction of sp³-hybridized carbons (Fsp3) is 1.00. The van der Waals surface area contributed by atoms with Crippen LogP contribution in [0.4, 0.5) is 0 Å². The average Bonchev–Trinajstić information content (AvgIpc) is 3.35. The Labute approximate surface area is 915 Å². The second-order valence-electron chi connectivity index (χ2n) is 16.5. The Balaban J connectivity index is -0.0000000154. The molecule has 4 saturated heterocycles. The zero-order valence-corrected chi connectivity index (χ0v) is 123. The van der Waals surface area contributed by atoms with Crippen molar-refractivity contribution in [2.45, 2.75) is 134 Å². The maximum absolute atomic E-state index is 7.59. The number of piperidine rings is 4. The standard InChI is InChI=1S/2C10H18N2.4C6H15P.Cd.H4N2O6.2H3NO3.12Re.14HSe/c2*1-5-11-6-2-9(1)10-3-7-12-8-4-10;4*1-4-7(5-2)6-3;;3-1(4)7-8-2(5)6;2*2-1(3)4;;;;;;;;;;;;;;;;;;;;;;;;;;/h2*9-10H,1-8H2;4*4-6H2,1-3H3;;3-6H;2*2-4H;;;;;;;;;;;;;14*1H/q2*-2;;;;;+2;;;;;;;;;;;;;;;;;;;;;;;;;;;;;/p+4. The second kappa shape index (κ2) is 177. The van der Waals surface area contributed by atoms with Crippen molar-refractivity contribution >= 4 is 271 Å². The average molecular weight is 4530 g/mol. The molecule has 0 atom stereocenters. The quantitative estimate of drug-likeness (QED) is 0.0434. The first-order valence-electron chi connectivity index (χ1n) is 25.7. The Bertz CT molecular complexity index is 869. The molecule has 0 bridgehead atoms. The summed E-state index contributed by atoms with van der Waals surface area (Å²) in [5, 5.41) is 86.2. The van der Waals surface area contributed by atoms with E-state index in [0.717, 1.165) is 76.0 Å². The van der Waals surface area contributed by atoms with E-state index in [0.29, 0.717) is 0 Å². The number of hydrogen-bond acceptors (Lipinski definition) is 16. The summed E-state index contributed by atoms with van der Waals surface area (Å²) in [7, 11) is 0.549. The molecule has 0 unspecified atom stereocenters. The monoisotopic (exact) mass is 4560 g/mol. The van der Waals surface area contributed by atoms with Gasteiger partial charge in [0.1, 0.15) is 10.8 Å². The van der Waals surface area contributed by atoms with Crippen molar-refractivity contribution in [2.75, 3.05) is 126 Å². The van der Waals surface area contributed by atoms with Gasteiger partial charge in [-0.2, -0.15) is 0 Å². The summed E-state index contributed by atoms with van der Waals surface area (Å²) in [4.78, 5) is 6.35. The fourth-order valence-corrected chi connectivity index (χ4v) is 14.0. The molecule has 600 valence electrons. The Morgan fingerprint density at radius 2 is 0.326 bits per heavy atom. The predicted molar refractivity (Wildman–Crippen MR) is 390 cm³/mol. The van der Waals surface area contributed by atoms with Gasteiger partial charge >= 0.3 is 266 Å². The van der Waals surface area contributed by atoms with Gasteiger partial charge in [-0.3, -0.25) is 52.1 Å². The zero-order valence-electron chi connectivity index (χ0n) is 56.5. The van der Waals surface area contributed by atoms with Crippen LogP contribution in [0.2, 0.25) is 0 Å². The topological polar surface area (TPSA) is 290 Å². The molecule has 0 aromatic heterocycles. The Kier molecular flexibility index (Phi) is 403. The van der Waals surface area contributed by atoms with Crippen LogP contribution in [0.3, 0.4) is 0 Å². The van der Waals surface area contributed by atoms with E-state index in [9.17, 15) is 0 Å². The van der Waals surface area contributed by atoms with E-state index in [2.05, 4.69) is 114 Å². The van der Waals surface area contributed by atoms with Gasteiger partial charge in [0, 0.05) is 245 Å². The van der Waals surface area contributed by atoms with Gasteiger partial charge in [-0.25, -0.2) is 0 Å². The third kappa shape index (κ3) is 178. The van der Waals surface area contributed by atoms with E-state index in [1.165, 1.54) is 125 Å². The van der Waals surface area contributed by atoms with Crippen LogP contribution in [0.15, 0.2) is 0 Å².